The molecule has 9 heteroatoms. The van der Waals surface area contributed by atoms with E-state index in [0.717, 1.165) is 0 Å². The van der Waals surface area contributed by atoms with Crippen LogP contribution in [0.4, 0.5) is 10.1 Å². The largest absolute Gasteiger partial charge is 0.323 e. The van der Waals surface area contributed by atoms with Gasteiger partial charge in [0.2, 0.25) is 15.9 Å². The second-order valence-corrected chi connectivity index (χ2v) is 9.56. The monoisotopic (exact) mass is 474 g/mol. The van der Waals surface area contributed by atoms with Gasteiger partial charge >= 0.3 is 0 Å². The molecule has 144 valence electrons. The van der Waals surface area contributed by atoms with E-state index < -0.39 is 27.7 Å². The van der Waals surface area contributed by atoms with Gasteiger partial charge in [0.05, 0.1) is 16.5 Å². The van der Waals surface area contributed by atoms with Crippen LogP contribution in [0, 0.1) is 11.7 Å². The third-order valence-electron chi connectivity index (χ3n) is 4.40. The molecule has 0 bridgehead atoms. The second kappa shape index (κ2) is 8.26. The van der Waals surface area contributed by atoms with E-state index in [2.05, 4.69) is 21.2 Å². The lowest BCUT2D eigenvalue weighted by atomic mass is 9.98. The molecule has 27 heavy (non-hydrogen) atoms. The molecule has 1 unspecified atom stereocenters. The van der Waals surface area contributed by atoms with Crippen LogP contribution < -0.4 is 5.32 Å². The first-order valence-electron chi connectivity index (χ1n) is 8.29. The van der Waals surface area contributed by atoms with Crippen molar-refractivity contribution in [2.24, 2.45) is 5.92 Å². The van der Waals surface area contributed by atoms with Crippen LogP contribution in [0.2, 0.25) is 5.02 Å². The fourth-order valence-electron chi connectivity index (χ4n) is 2.96. The lowest BCUT2D eigenvalue weighted by Gasteiger charge is -2.31. The number of hydrogen-bond acceptors (Lipinski definition) is 3. The van der Waals surface area contributed by atoms with Gasteiger partial charge in [0.15, 0.2) is 0 Å². The second-order valence-electron chi connectivity index (χ2n) is 6.27. The average Bonchev–Trinajstić information content (AvgIpc) is 2.64. The normalized spacial score (nSPS) is 18.3. The Morgan fingerprint density at radius 2 is 1.93 bits per heavy atom. The smallest absolute Gasteiger partial charge is 0.243 e. The van der Waals surface area contributed by atoms with Gasteiger partial charge in [-0.3, -0.25) is 4.79 Å². The first-order chi connectivity index (χ1) is 12.8. The molecule has 2 aromatic carbocycles. The zero-order valence-corrected chi connectivity index (χ0v) is 17.3. The summed E-state index contributed by atoms with van der Waals surface area (Å²) in [7, 11) is -3.72. The van der Waals surface area contributed by atoms with Crippen molar-refractivity contribution in [3.63, 3.8) is 0 Å². The number of amides is 1. The van der Waals surface area contributed by atoms with Crippen LogP contribution in [-0.2, 0) is 14.8 Å². The molecule has 0 saturated carbocycles. The minimum Gasteiger partial charge on any atom is -0.323 e. The predicted molar refractivity (Wildman–Crippen MR) is 106 cm³/mol. The number of sulfonamides is 1. The van der Waals surface area contributed by atoms with Crippen LogP contribution in [0.1, 0.15) is 12.8 Å². The number of nitrogens with one attached hydrogen (secondary N) is 1. The summed E-state index contributed by atoms with van der Waals surface area (Å²) < 4.78 is 41.4. The lowest BCUT2D eigenvalue weighted by molar-refractivity contribution is -0.120. The molecule has 1 atom stereocenters. The Balaban J connectivity index is 1.73. The van der Waals surface area contributed by atoms with Crippen LogP contribution in [0.5, 0.6) is 0 Å². The van der Waals surface area contributed by atoms with Gasteiger partial charge in [-0.15, -0.1) is 0 Å². The summed E-state index contributed by atoms with van der Waals surface area (Å²) in [6.45, 7) is 0.385. The molecule has 1 saturated heterocycles. The molecule has 3 rings (SSSR count). The maximum atomic E-state index is 13.9. The molecule has 1 fully saturated rings. The molecule has 1 aliphatic rings. The highest BCUT2D eigenvalue weighted by Crippen LogP contribution is 2.26. The molecule has 1 amide bonds. The van der Waals surface area contributed by atoms with Gasteiger partial charge in [-0.1, -0.05) is 27.5 Å². The molecular weight excluding hydrogens is 459 g/mol. The fraction of sp³-hybridized carbons (Fsp3) is 0.278. The van der Waals surface area contributed by atoms with Crippen molar-refractivity contribution in [2.45, 2.75) is 17.7 Å². The first kappa shape index (κ1) is 20.3. The van der Waals surface area contributed by atoms with Crippen molar-refractivity contribution in [2.75, 3.05) is 18.4 Å². The molecule has 2 aromatic rings. The van der Waals surface area contributed by atoms with Gasteiger partial charge in [-0.25, -0.2) is 12.8 Å². The zero-order chi connectivity index (χ0) is 19.6. The standard InChI is InChI=1S/C18H17BrClFN2O3S/c19-13-3-8-17(16(21)10-13)22-18(24)12-2-1-9-23(11-12)27(25,26)15-6-4-14(20)5-7-15/h3-8,10,12H,1-2,9,11H2,(H,22,24). The molecule has 1 aliphatic heterocycles. The van der Waals surface area contributed by atoms with Crippen molar-refractivity contribution in [3.8, 4) is 0 Å². The van der Waals surface area contributed by atoms with E-state index in [1.165, 1.54) is 40.7 Å². The SMILES string of the molecule is O=C(Nc1ccc(Br)cc1F)C1CCCN(S(=O)(=O)c2ccc(Cl)cc2)C1. The summed E-state index contributed by atoms with van der Waals surface area (Å²) in [5.41, 5.74) is 0.0703. The van der Waals surface area contributed by atoms with Crippen LogP contribution in [0.25, 0.3) is 0 Å². The van der Waals surface area contributed by atoms with Crippen LogP contribution >= 0.6 is 27.5 Å². The van der Waals surface area contributed by atoms with Gasteiger partial charge in [0.1, 0.15) is 5.82 Å². The lowest BCUT2D eigenvalue weighted by Crippen LogP contribution is -2.43. The van der Waals surface area contributed by atoms with E-state index >= 15 is 0 Å². The Labute approximate surface area is 170 Å². The van der Waals surface area contributed by atoms with Crippen molar-refractivity contribution < 1.29 is 17.6 Å². The number of anilines is 1. The van der Waals surface area contributed by atoms with E-state index in [-0.39, 0.29) is 17.1 Å². The molecule has 0 aliphatic carbocycles. The molecule has 0 aromatic heterocycles. The number of piperidine rings is 1. The number of rotatable bonds is 4. The summed E-state index contributed by atoms with van der Waals surface area (Å²) >= 11 is 8.98. The highest BCUT2D eigenvalue weighted by molar-refractivity contribution is 9.10. The van der Waals surface area contributed by atoms with Crippen molar-refractivity contribution >= 4 is 49.1 Å². The fourth-order valence-corrected chi connectivity index (χ4v) is 4.94. The van der Waals surface area contributed by atoms with Crippen LogP contribution in [-0.4, -0.2) is 31.7 Å². The van der Waals surface area contributed by atoms with Crippen molar-refractivity contribution in [1.29, 1.82) is 0 Å². The number of halogens is 3. The molecule has 1 N–H and O–H groups in total. The average molecular weight is 476 g/mol. The number of carbonyl (C=O) groups excluding carboxylic acids is 1. The maximum Gasteiger partial charge on any atom is 0.243 e. The van der Waals surface area contributed by atoms with Gasteiger partial charge in [-0.05, 0) is 55.3 Å². The number of benzene rings is 2. The van der Waals surface area contributed by atoms with E-state index in [1.54, 1.807) is 6.07 Å². The van der Waals surface area contributed by atoms with Crippen molar-refractivity contribution in [3.05, 3.63) is 57.8 Å². The molecular formula is C18H17BrClFN2O3S. The Morgan fingerprint density at radius 1 is 1.22 bits per heavy atom. The van der Waals surface area contributed by atoms with Gasteiger partial charge in [0, 0.05) is 22.6 Å². The van der Waals surface area contributed by atoms with E-state index in [9.17, 15) is 17.6 Å². The van der Waals surface area contributed by atoms with Gasteiger partial charge in [-0.2, -0.15) is 4.31 Å². The highest BCUT2D eigenvalue weighted by atomic mass is 79.9. The third kappa shape index (κ3) is 4.68. The minimum absolute atomic E-state index is 0.0505. The predicted octanol–water partition coefficient (Wildman–Crippen LogP) is 4.28. The molecule has 5 nitrogen and oxygen atoms in total. The minimum atomic E-state index is -3.72. The number of hydrogen-bond donors (Lipinski definition) is 1. The zero-order valence-electron chi connectivity index (χ0n) is 14.2. The van der Waals surface area contributed by atoms with Crippen molar-refractivity contribution in [1.82, 2.24) is 4.31 Å². The topological polar surface area (TPSA) is 66.5 Å². The van der Waals surface area contributed by atoms with Crippen LogP contribution in [0.3, 0.4) is 0 Å². The Kier molecular flexibility index (Phi) is 6.20. The first-order valence-corrected chi connectivity index (χ1v) is 10.9. The molecule has 0 radical (unpaired) electrons. The summed E-state index contributed by atoms with van der Waals surface area (Å²) in [6.07, 6.45) is 1.09. The summed E-state index contributed by atoms with van der Waals surface area (Å²) in [6, 6.07) is 10.3. The summed E-state index contributed by atoms with van der Waals surface area (Å²) in [5.74, 6) is -1.50. The maximum absolute atomic E-state index is 13.9. The summed E-state index contributed by atoms with van der Waals surface area (Å²) in [5, 5.41) is 3.00. The van der Waals surface area contributed by atoms with Gasteiger partial charge < -0.3 is 5.32 Å². The Hall–Kier alpha value is -1.48. The summed E-state index contributed by atoms with van der Waals surface area (Å²) in [4.78, 5) is 12.7. The van der Waals surface area contributed by atoms with E-state index in [0.29, 0.717) is 28.9 Å². The Bertz CT molecular complexity index is 954. The number of nitrogens with zero attached hydrogens (tertiary/aromatic N) is 1. The third-order valence-corrected chi connectivity index (χ3v) is 7.02. The Morgan fingerprint density at radius 3 is 2.59 bits per heavy atom. The van der Waals surface area contributed by atoms with E-state index in [1.807, 2.05) is 0 Å². The van der Waals surface area contributed by atoms with E-state index in [4.69, 9.17) is 11.6 Å². The van der Waals surface area contributed by atoms with Gasteiger partial charge in [0.25, 0.3) is 0 Å². The molecule has 1 heterocycles. The quantitative estimate of drug-likeness (QED) is 0.718. The van der Waals surface area contributed by atoms with Crippen LogP contribution in [0.15, 0.2) is 51.8 Å². The highest BCUT2D eigenvalue weighted by Gasteiger charge is 2.33. The number of carbonyl (C=O) groups is 1. The molecule has 0 spiro atoms.